The van der Waals surface area contributed by atoms with Gasteiger partial charge in [0.1, 0.15) is 5.82 Å². The molecule has 2 nitrogen and oxygen atoms in total. The summed E-state index contributed by atoms with van der Waals surface area (Å²) in [6, 6.07) is 14.4. The maximum atomic E-state index is 14.0. The summed E-state index contributed by atoms with van der Waals surface area (Å²) < 4.78 is 14.0. The minimum Gasteiger partial charge on any atom is -0.281 e. The van der Waals surface area contributed by atoms with E-state index in [-0.39, 0.29) is 17.6 Å². The van der Waals surface area contributed by atoms with Crippen molar-refractivity contribution in [2.75, 3.05) is 11.2 Å². The number of para-hydroxylation sites is 1. The number of amides is 1. The monoisotopic (exact) mass is 301 g/mol. The summed E-state index contributed by atoms with van der Waals surface area (Å²) in [7, 11) is 0. The van der Waals surface area contributed by atoms with Gasteiger partial charge in [0.15, 0.2) is 0 Å². The number of benzene rings is 2. The summed E-state index contributed by atoms with van der Waals surface area (Å²) >= 11 is 1.36. The van der Waals surface area contributed by atoms with Crippen LogP contribution in [0.3, 0.4) is 0 Å². The molecule has 1 aliphatic rings. The van der Waals surface area contributed by atoms with Crippen molar-refractivity contribution in [1.82, 2.24) is 0 Å². The van der Waals surface area contributed by atoms with E-state index >= 15 is 0 Å². The van der Waals surface area contributed by atoms with Crippen LogP contribution in [-0.2, 0) is 4.79 Å². The Morgan fingerprint density at radius 2 is 1.86 bits per heavy atom. The molecule has 1 saturated carbocycles. The number of carbonyl (C=O) groups excluding carboxylic acids is 1. The van der Waals surface area contributed by atoms with Crippen molar-refractivity contribution in [3.63, 3.8) is 0 Å². The van der Waals surface area contributed by atoms with Crippen molar-refractivity contribution in [1.29, 1.82) is 0 Å². The van der Waals surface area contributed by atoms with Crippen LogP contribution in [0, 0.1) is 11.7 Å². The van der Waals surface area contributed by atoms with Crippen LogP contribution >= 0.6 is 11.8 Å². The van der Waals surface area contributed by atoms with Gasteiger partial charge in [0.25, 0.3) is 0 Å². The largest absolute Gasteiger partial charge is 0.281 e. The Kier molecular flexibility index (Phi) is 3.97. The lowest BCUT2D eigenvalue weighted by Gasteiger charge is -2.23. The van der Waals surface area contributed by atoms with E-state index in [2.05, 4.69) is 0 Å². The Hall–Kier alpha value is -1.81. The quantitative estimate of drug-likeness (QED) is 0.768. The van der Waals surface area contributed by atoms with Crippen LogP contribution < -0.4 is 4.90 Å². The lowest BCUT2D eigenvalue weighted by Crippen LogP contribution is -2.27. The molecule has 0 spiro atoms. The molecule has 0 radical (unpaired) electrons. The van der Waals surface area contributed by atoms with Crippen molar-refractivity contribution in [2.45, 2.75) is 17.7 Å². The van der Waals surface area contributed by atoms with Gasteiger partial charge in [-0.3, -0.25) is 9.69 Å². The minimum absolute atomic E-state index is 0.0532. The van der Waals surface area contributed by atoms with Crippen molar-refractivity contribution in [2.24, 2.45) is 5.92 Å². The fraction of sp³-hybridized carbons (Fsp3) is 0.235. The number of carbonyl (C=O) groups is 1. The summed E-state index contributed by atoms with van der Waals surface area (Å²) in [5.41, 5.74) is 1.37. The fourth-order valence-corrected chi connectivity index (χ4v) is 2.75. The summed E-state index contributed by atoms with van der Waals surface area (Å²) in [6.07, 6.45) is 3.68. The van der Waals surface area contributed by atoms with Gasteiger partial charge in [-0.25, -0.2) is 4.39 Å². The highest BCUT2D eigenvalue weighted by molar-refractivity contribution is 7.98. The first-order valence-corrected chi connectivity index (χ1v) is 8.15. The van der Waals surface area contributed by atoms with E-state index < -0.39 is 0 Å². The summed E-state index contributed by atoms with van der Waals surface area (Å²) in [6.45, 7) is 0. The third-order valence-corrected chi connectivity index (χ3v) is 4.33. The minimum atomic E-state index is -0.287. The molecule has 4 heteroatoms. The van der Waals surface area contributed by atoms with Crippen LogP contribution in [-0.4, -0.2) is 12.2 Å². The molecule has 1 amide bonds. The molecule has 0 atom stereocenters. The number of hydrogen-bond donors (Lipinski definition) is 0. The van der Waals surface area contributed by atoms with Crippen molar-refractivity contribution in [3.05, 3.63) is 54.3 Å². The SMILES string of the molecule is CSc1ccc(N(C(=O)C2CC2)c2ccccc2)cc1F. The summed E-state index contributed by atoms with van der Waals surface area (Å²) in [5, 5.41) is 0. The molecule has 3 rings (SSSR count). The Morgan fingerprint density at radius 1 is 1.14 bits per heavy atom. The lowest BCUT2D eigenvalue weighted by atomic mass is 10.2. The number of thioether (sulfide) groups is 1. The first kappa shape index (κ1) is 14.1. The molecule has 1 fully saturated rings. The smallest absolute Gasteiger partial charge is 0.234 e. The van der Waals surface area contributed by atoms with Crippen LogP contribution in [0.1, 0.15) is 12.8 Å². The molecule has 0 aromatic heterocycles. The second kappa shape index (κ2) is 5.90. The van der Waals surface area contributed by atoms with Gasteiger partial charge >= 0.3 is 0 Å². The Balaban J connectivity index is 2.02. The van der Waals surface area contributed by atoms with Crippen LogP contribution in [0.15, 0.2) is 53.4 Å². The van der Waals surface area contributed by atoms with Crippen molar-refractivity contribution in [3.8, 4) is 0 Å². The highest BCUT2D eigenvalue weighted by Gasteiger charge is 2.35. The van der Waals surface area contributed by atoms with Crippen molar-refractivity contribution >= 4 is 29.0 Å². The van der Waals surface area contributed by atoms with Crippen LogP contribution in [0.5, 0.6) is 0 Å². The average molecular weight is 301 g/mol. The maximum absolute atomic E-state index is 14.0. The Morgan fingerprint density at radius 3 is 2.43 bits per heavy atom. The molecule has 2 aromatic carbocycles. The highest BCUT2D eigenvalue weighted by atomic mass is 32.2. The zero-order valence-electron chi connectivity index (χ0n) is 11.8. The second-order valence-corrected chi connectivity index (χ2v) is 5.95. The van der Waals surface area contributed by atoms with E-state index in [1.54, 1.807) is 11.0 Å². The number of nitrogens with zero attached hydrogens (tertiary/aromatic N) is 1. The van der Waals surface area contributed by atoms with E-state index in [0.717, 1.165) is 18.5 Å². The van der Waals surface area contributed by atoms with Gasteiger partial charge in [0, 0.05) is 16.5 Å². The third kappa shape index (κ3) is 2.95. The first-order chi connectivity index (χ1) is 10.2. The average Bonchev–Trinajstić information content (AvgIpc) is 3.33. The van der Waals surface area contributed by atoms with Gasteiger partial charge in [-0.2, -0.15) is 0 Å². The van der Waals surface area contributed by atoms with Gasteiger partial charge in [-0.05, 0) is 49.4 Å². The number of hydrogen-bond acceptors (Lipinski definition) is 2. The molecule has 0 saturated heterocycles. The van der Waals surface area contributed by atoms with E-state index in [9.17, 15) is 9.18 Å². The summed E-state index contributed by atoms with van der Waals surface area (Å²) in [4.78, 5) is 14.8. The van der Waals surface area contributed by atoms with Gasteiger partial charge in [0.05, 0.1) is 5.69 Å². The van der Waals surface area contributed by atoms with E-state index in [1.807, 2.05) is 42.7 Å². The third-order valence-electron chi connectivity index (χ3n) is 3.55. The zero-order chi connectivity index (χ0) is 14.8. The molecular weight excluding hydrogens is 285 g/mol. The second-order valence-electron chi connectivity index (χ2n) is 5.10. The van der Waals surface area contributed by atoms with E-state index in [1.165, 1.54) is 17.8 Å². The molecule has 1 aliphatic carbocycles. The van der Waals surface area contributed by atoms with Gasteiger partial charge in [0.2, 0.25) is 5.91 Å². The maximum Gasteiger partial charge on any atom is 0.234 e. The molecule has 108 valence electrons. The van der Waals surface area contributed by atoms with Crippen LogP contribution in [0.2, 0.25) is 0 Å². The predicted octanol–water partition coefficient (Wildman–Crippen LogP) is 4.62. The molecule has 0 heterocycles. The van der Waals surface area contributed by atoms with Gasteiger partial charge in [-0.1, -0.05) is 18.2 Å². The molecule has 0 aliphatic heterocycles. The topological polar surface area (TPSA) is 20.3 Å². The fourth-order valence-electron chi connectivity index (χ4n) is 2.29. The molecule has 2 aromatic rings. The van der Waals surface area contributed by atoms with Crippen LogP contribution in [0.4, 0.5) is 15.8 Å². The molecule has 0 bridgehead atoms. The normalized spacial score (nSPS) is 14.0. The van der Waals surface area contributed by atoms with E-state index in [4.69, 9.17) is 0 Å². The number of rotatable bonds is 4. The van der Waals surface area contributed by atoms with Crippen LogP contribution in [0.25, 0.3) is 0 Å². The predicted molar refractivity (Wildman–Crippen MR) is 84.5 cm³/mol. The standard InChI is InChI=1S/C17H16FNOS/c1-21-16-10-9-14(11-15(16)18)19(17(20)12-7-8-12)13-5-3-2-4-6-13/h2-6,9-12H,7-8H2,1H3. The van der Waals surface area contributed by atoms with Crippen molar-refractivity contribution < 1.29 is 9.18 Å². The first-order valence-electron chi connectivity index (χ1n) is 6.93. The van der Waals surface area contributed by atoms with E-state index in [0.29, 0.717) is 10.6 Å². The van der Waals surface area contributed by atoms with Gasteiger partial charge in [-0.15, -0.1) is 11.8 Å². The highest BCUT2D eigenvalue weighted by Crippen LogP contribution is 2.37. The Labute approximate surface area is 128 Å². The summed E-state index contributed by atoms with van der Waals surface area (Å²) in [5.74, 6) is -0.157. The zero-order valence-corrected chi connectivity index (χ0v) is 12.6. The molecule has 0 N–H and O–H groups in total. The number of halogens is 1. The van der Waals surface area contributed by atoms with Gasteiger partial charge < -0.3 is 0 Å². The number of anilines is 2. The molecule has 21 heavy (non-hydrogen) atoms. The molecule has 0 unspecified atom stereocenters. The lowest BCUT2D eigenvalue weighted by molar-refractivity contribution is -0.119. The molecular formula is C17H16FNOS. The Bertz CT molecular complexity index is 655.